The molecule has 9 nitrogen and oxygen atoms in total. The smallest absolute Gasteiger partial charge is 0.337 e. The van der Waals surface area contributed by atoms with E-state index in [-0.39, 0.29) is 23.6 Å². The molecular formula is C20H20N2O7. The molecule has 0 spiro atoms. The number of fused-ring (bicyclic) bond motifs is 1. The van der Waals surface area contributed by atoms with Gasteiger partial charge in [-0.15, -0.1) is 0 Å². The highest BCUT2D eigenvalue weighted by Crippen LogP contribution is 2.39. The normalized spacial score (nSPS) is 12.6. The molecule has 0 bridgehead atoms. The lowest BCUT2D eigenvalue weighted by atomic mass is 10.1. The largest absolute Gasteiger partial charge is 0.493 e. The van der Waals surface area contributed by atoms with Gasteiger partial charge in [0, 0.05) is 5.56 Å². The molecule has 0 saturated heterocycles. The minimum Gasteiger partial charge on any atom is -0.493 e. The number of anilines is 2. The summed E-state index contributed by atoms with van der Waals surface area (Å²) in [7, 11) is 5.62. The highest BCUT2D eigenvalue weighted by molar-refractivity contribution is 6.16. The molecule has 9 heteroatoms. The Bertz CT molecular complexity index is 962. The maximum absolute atomic E-state index is 13.2. The lowest BCUT2D eigenvalue weighted by molar-refractivity contribution is -0.115. The number of nitrogens with one attached hydrogen (secondary N) is 1. The number of amides is 2. The molecule has 2 amide bonds. The van der Waals surface area contributed by atoms with Gasteiger partial charge in [0.2, 0.25) is 11.7 Å². The molecule has 0 radical (unpaired) electrons. The van der Waals surface area contributed by atoms with Gasteiger partial charge in [0.1, 0.15) is 6.54 Å². The molecular weight excluding hydrogens is 380 g/mol. The van der Waals surface area contributed by atoms with Gasteiger partial charge in [-0.25, -0.2) is 4.79 Å². The topological polar surface area (TPSA) is 103 Å². The highest BCUT2D eigenvalue weighted by atomic mass is 16.5. The van der Waals surface area contributed by atoms with Gasteiger partial charge in [-0.05, 0) is 30.3 Å². The molecule has 152 valence electrons. The average molecular weight is 400 g/mol. The van der Waals surface area contributed by atoms with Crippen LogP contribution < -0.4 is 24.4 Å². The van der Waals surface area contributed by atoms with Crippen LogP contribution in [0.4, 0.5) is 11.4 Å². The van der Waals surface area contributed by atoms with Crippen LogP contribution in [0.15, 0.2) is 30.3 Å². The van der Waals surface area contributed by atoms with Crippen molar-refractivity contribution in [3.05, 3.63) is 41.5 Å². The van der Waals surface area contributed by atoms with Crippen molar-refractivity contribution < 1.29 is 33.3 Å². The Labute approximate surface area is 167 Å². The third-order valence-electron chi connectivity index (χ3n) is 4.44. The minimum absolute atomic E-state index is 0.180. The van der Waals surface area contributed by atoms with Crippen LogP contribution in [0.1, 0.15) is 20.7 Å². The molecule has 0 unspecified atom stereocenters. The molecule has 0 aliphatic carbocycles. The number of esters is 1. The van der Waals surface area contributed by atoms with E-state index in [1.807, 2.05) is 0 Å². The first-order valence-corrected chi connectivity index (χ1v) is 8.57. The zero-order valence-electron chi connectivity index (χ0n) is 16.4. The molecule has 3 rings (SSSR count). The van der Waals surface area contributed by atoms with Crippen molar-refractivity contribution in [3.63, 3.8) is 0 Å². The second kappa shape index (κ2) is 8.09. The second-order valence-electron chi connectivity index (χ2n) is 6.08. The maximum atomic E-state index is 13.2. The fourth-order valence-electron chi connectivity index (χ4n) is 3.08. The predicted octanol–water partition coefficient (Wildman–Crippen LogP) is 2.10. The molecule has 1 heterocycles. The number of hydrogen-bond acceptors (Lipinski definition) is 7. The van der Waals surface area contributed by atoms with Gasteiger partial charge in [-0.1, -0.05) is 0 Å². The minimum atomic E-state index is -0.546. The molecule has 0 saturated carbocycles. The molecule has 1 N–H and O–H groups in total. The lowest BCUT2D eigenvalue weighted by Gasteiger charge is -2.29. The molecule has 2 aromatic carbocycles. The summed E-state index contributed by atoms with van der Waals surface area (Å²) < 4.78 is 20.6. The van der Waals surface area contributed by atoms with Crippen molar-refractivity contribution >= 4 is 29.2 Å². The Morgan fingerprint density at radius 3 is 2.14 bits per heavy atom. The number of rotatable bonds is 5. The van der Waals surface area contributed by atoms with Crippen LogP contribution in [0.25, 0.3) is 0 Å². The van der Waals surface area contributed by atoms with Crippen molar-refractivity contribution in [2.24, 2.45) is 0 Å². The number of carbonyl (C=O) groups excluding carboxylic acids is 3. The van der Waals surface area contributed by atoms with Crippen molar-refractivity contribution in [3.8, 4) is 17.2 Å². The van der Waals surface area contributed by atoms with Gasteiger partial charge in [-0.3, -0.25) is 14.5 Å². The van der Waals surface area contributed by atoms with Gasteiger partial charge in [0.05, 0.1) is 45.4 Å². The molecule has 1 aliphatic rings. The summed E-state index contributed by atoms with van der Waals surface area (Å²) in [6.07, 6.45) is 0. The quantitative estimate of drug-likeness (QED) is 0.767. The first kappa shape index (κ1) is 20.0. The standard InChI is InChI=1S/C20H20N2O7/c1-26-15-8-12(9-16(27-2)18(15)28-3)19(24)22-10-17(23)21-13-7-11(20(25)29-4)5-6-14(13)22/h5-9H,10H2,1-4H3,(H,21,23). The van der Waals surface area contributed by atoms with E-state index in [2.05, 4.69) is 5.32 Å². The lowest BCUT2D eigenvalue weighted by Crippen LogP contribution is -2.42. The highest BCUT2D eigenvalue weighted by Gasteiger charge is 2.30. The number of methoxy groups -OCH3 is 4. The number of ether oxygens (including phenoxy) is 4. The summed E-state index contributed by atoms with van der Waals surface area (Å²) in [6, 6.07) is 7.60. The van der Waals surface area contributed by atoms with Gasteiger partial charge in [-0.2, -0.15) is 0 Å². The second-order valence-corrected chi connectivity index (χ2v) is 6.08. The third kappa shape index (κ3) is 3.66. The summed E-state index contributed by atoms with van der Waals surface area (Å²) in [5, 5.41) is 2.67. The van der Waals surface area contributed by atoms with E-state index in [0.717, 1.165) is 0 Å². The van der Waals surface area contributed by atoms with Crippen LogP contribution in [0, 0.1) is 0 Å². The van der Waals surface area contributed by atoms with Crippen LogP contribution in [0.3, 0.4) is 0 Å². The van der Waals surface area contributed by atoms with Crippen molar-refractivity contribution in [1.82, 2.24) is 0 Å². The number of nitrogens with zero attached hydrogens (tertiary/aromatic N) is 1. The number of hydrogen-bond donors (Lipinski definition) is 1. The van der Waals surface area contributed by atoms with Gasteiger partial charge < -0.3 is 24.3 Å². The van der Waals surface area contributed by atoms with E-state index in [0.29, 0.717) is 28.6 Å². The van der Waals surface area contributed by atoms with E-state index < -0.39 is 11.9 Å². The van der Waals surface area contributed by atoms with Crippen molar-refractivity contribution in [2.45, 2.75) is 0 Å². The molecule has 2 aromatic rings. The molecule has 0 aromatic heterocycles. The number of carbonyl (C=O) groups is 3. The zero-order valence-corrected chi connectivity index (χ0v) is 16.4. The number of benzene rings is 2. The summed E-state index contributed by atoms with van der Waals surface area (Å²) in [5.74, 6) is -0.386. The van der Waals surface area contributed by atoms with Crippen LogP contribution in [0.2, 0.25) is 0 Å². The van der Waals surface area contributed by atoms with E-state index in [9.17, 15) is 14.4 Å². The first-order chi connectivity index (χ1) is 13.9. The molecule has 29 heavy (non-hydrogen) atoms. The van der Waals surface area contributed by atoms with Crippen molar-refractivity contribution in [1.29, 1.82) is 0 Å². The molecule has 1 aliphatic heterocycles. The van der Waals surface area contributed by atoms with Crippen LogP contribution in [-0.2, 0) is 9.53 Å². The Kier molecular flexibility index (Phi) is 5.58. The Balaban J connectivity index is 2.05. The first-order valence-electron chi connectivity index (χ1n) is 8.57. The van der Waals surface area contributed by atoms with E-state index in [1.54, 1.807) is 6.07 Å². The predicted molar refractivity (Wildman–Crippen MR) is 104 cm³/mol. The van der Waals surface area contributed by atoms with E-state index in [1.165, 1.54) is 57.6 Å². The monoisotopic (exact) mass is 400 g/mol. The average Bonchev–Trinajstić information content (AvgIpc) is 2.75. The SMILES string of the molecule is COC(=O)c1ccc2c(c1)NC(=O)CN2C(=O)c1cc(OC)c(OC)c(OC)c1. The third-order valence-corrected chi connectivity index (χ3v) is 4.44. The van der Waals surface area contributed by atoms with Gasteiger partial charge in [0.15, 0.2) is 11.5 Å². The summed E-state index contributed by atoms with van der Waals surface area (Å²) >= 11 is 0. The zero-order chi connectivity index (χ0) is 21.1. The molecule has 0 atom stereocenters. The summed E-state index contributed by atoms with van der Waals surface area (Å²) in [6.45, 7) is -0.180. The Morgan fingerprint density at radius 1 is 0.931 bits per heavy atom. The Hall–Kier alpha value is -3.75. The fraction of sp³-hybridized carbons (Fsp3) is 0.250. The summed E-state index contributed by atoms with van der Waals surface area (Å²) in [5.41, 5.74) is 1.30. The van der Waals surface area contributed by atoms with Crippen LogP contribution in [-0.4, -0.2) is 52.8 Å². The van der Waals surface area contributed by atoms with Crippen molar-refractivity contribution in [2.75, 3.05) is 45.2 Å². The fourth-order valence-corrected chi connectivity index (χ4v) is 3.08. The van der Waals surface area contributed by atoms with Crippen LogP contribution >= 0.6 is 0 Å². The molecule has 0 fully saturated rings. The van der Waals surface area contributed by atoms with Gasteiger partial charge in [0.25, 0.3) is 5.91 Å². The maximum Gasteiger partial charge on any atom is 0.337 e. The van der Waals surface area contributed by atoms with Gasteiger partial charge >= 0.3 is 5.97 Å². The van der Waals surface area contributed by atoms with E-state index >= 15 is 0 Å². The summed E-state index contributed by atoms with van der Waals surface area (Å²) in [4.78, 5) is 38.5. The Morgan fingerprint density at radius 2 is 1.59 bits per heavy atom. The van der Waals surface area contributed by atoms with Crippen LogP contribution in [0.5, 0.6) is 17.2 Å². The van der Waals surface area contributed by atoms with E-state index in [4.69, 9.17) is 18.9 Å².